The van der Waals surface area contributed by atoms with Crippen LogP contribution in [0.4, 0.5) is 0 Å². The Morgan fingerprint density at radius 2 is 1.17 bits per heavy atom. The molecule has 0 rings (SSSR count). The molecule has 2 heteroatoms. The van der Waals surface area contributed by atoms with E-state index in [4.69, 9.17) is 0 Å². The Balaban J connectivity index is 3.92. The lowest BCUT2D eigenvalue weighted by Crippen LogP contribution is -2.10. The van der Waals surface area contributed by atoms with E-state index in [0.29, 0.717) is 0 Å². The van der Waals surface area contributed by atoms with Crippen LogP contribution in [0.25, 0.3) is 0 Å². The van der Waals surface area contributed by atoms with Gasteiger partial charge in [0.2, 0.25) is 0 Å². The van der Waals surface area contributed by atoms with Gasteiger partial charge in [-0.15, -0.1) is 0 Å². The lowest BCUT2D eigenvalue weighted by molar-refractivity contribution is 0.463. The highest BCUT2D eigenvalue weighted by molar-refractivity contribution is 7.51. The minimum absolute atomic E-state index is 0.704. The third kappa shape index (κ3) is 9.34. The van der Waals surface area contributed by atoms with Gasteiger partial charge >= 0.3 is 0 Å². The van der Waals surface area contributed by atoms with Gasteiger partial charge < -0.3 is 4.89 Å². The summed E-state index contributed by atoms with van der Waals surface area (Å²) in [6, 6.07) is 0. The van der Waals surface area contributed by atoms with Gasteiger partial charge in [0, 0.05) is 8.15 Å². The molecule has 0 fully saturated rings. The van der Waals surface area contributed by atoms with Crippen LogP contribution in [0.15, 0.2) is 0 Å². The summed E-state index contributed by atoms with van der Waals surface area (Å²) in [6.45, 7) is 9.06. The Bertz CT molecular complexity index is 154. The van der Waals surface area contributed by atoms with Gasteiger partial charge in [0.15, 0.2) is 0 Å². The lowest BCUT2D eigenvalue weighted by atomic mass is 10.0. The molecule has 18 heavy (non-hydrogen) atoms. The molecule has 0 spiro atoms. The van der Waals surface area contributed by atoms with Crippen molar-refractivity contribution in [3.63, 3.8) is 0 Å². The molecule has 0 aromatic heterocycles. The molecule has 0 aromatic rings. The first-order chi connectivity index (χ1) is 8.67. The third-order valence-electron chi connectivity index (χ3n) is 4.02. The van der Waals surface area contributed by atoms with Crippen LogP contribution >= 0.6 is 8.15 Å². The van der Waals surface area contributed by atoms with E-state index >= 15 is 0 Å². The van der Waals surface area contributed by atoms with Crippen LogP contribution in [-0.2, 0) is 0 Å². The van der Waals surface area contributed by atoms with E-state index in [2.05, 4.69) is 27.7 Å². The molecule has 0 aliphatic rings. The van der Waals surface area contributed by atoms with Gasteiger partial charge in [-0.25, -0.2) is 0 Å². The molecule has 0 saturated carbocycles. The molecule has 2 atom stereocenters. The summed E-state index contributed by atoms with van der Waals surface area (Å²) in [5.41, 5.74) is 0. The molecular weight excluding hydrogens is 239 g/mol. The molecule has 0 radical (unpaired) electrons. The highest BCUT2D eigenvalue weighted by atomic mass is 31.1. The Hall–Kier alpha value is 0.390. The van der Waals surface area contributed by atoms with Crippen molar-refractivity contribution in [2.75, 3.05) is 12.3 Å². The number of unbranched alkanes of at least 4 members (excludes halogenated alkanes) is 2. The normalized spacial score (nSPS) is 16.5. The zero-order valence-electron chi connectivity index (χ0n) is 13.1. The largest absolute Gasteiger partial charge is 0.374 e. The second-order valence-corrected chi connectivity index (χ2v) is 7.45. The number of hydrogen-bond donors (Lipinski definition) is 1. The van der Waals surface area contributed by atoms with Crippen molar-refractivity contribution in [1.29, 1.82) is 0 Å². The van der Waals surface area contributed by atoms with Gasteiger partial charge in [-0.1, -0.05) is 79.1 Å². The van der Waals surface area contributed by atoms with Crippen LogP contribution < -0.4 is 0 Å². The quantitative estimate of drug-likeness (QED) is 0.445. The molecule has 0 amide bonds. The zero-order chi connectivity index (χ0) is 13.8. The van der Waals surface area contributed by atoms with E-state index in [-0.39, 0.29) is 0 Å². The number of rotatable bonds is 12. The highest BCUT2D eigenvalue weighted by Gasteiger charge is 2.16. The first-order valence-corrected chi connectivity index (χ1v) is 9.78. The minimum atomic E-state index is -0.704. The molecule has 0 aromatic carbocycles. The molecule has 2 unspecified atom stereocenters. The van der Waals surface area contributed by atoms with E-state index in [1.807, 2.05) is 0 Å². The van der Waals surface area contributed by atoms with Crippen LogP contribution in [-0.4, -0.2) is 17.2 Å². The van der Waals surface area contributed by atoms with Gasteiger partial charge in [0.1, 0.15) is 0 Å². The van der Waals surface area contributed by atoms with Crippen LogP contribution in [0.3, 0.4) is 0 Å². The molecule has 0 bridgehead atoms. The summed E-state index contributed by atoms with van der Waals surface area (Å²) in [4.78, 5) is 10.3. The molecule has 1 nitrogen and oxygen atoms in total. The fourth-order valence-electron chi connectivity index (χ4n) is 2.51. The van der Waals surface area contributed by atoms with Crippen molar-refractivity contribution in [3.05, 3.63) is 0 Å². The standard InChI is InChI=1S/C16H35OP/c1-5-9-11-15(7-3)13-18(17)14-16(8-4)12-10-6-2/h15-17H,5-14H2,1-4H3. The van der Waals surface area contributed by atoms with Crippen LogP contribution in [0.2, 0.25) is 0 Å². The van der Waals surface area contributed by atoms with E-state index < -0.39 is 8.15 Å². The van der Waals surface area contributed by atoms with Crippen LogP contribution in [0.5, 0.6) is 0 Å². The maximum atomic E-state index is 10.3. The van der Waals surface area contributed by atoms with E-state index in [1.165, 1.54) is 51.4 Å². The molecule has 0 saturated heterocycles. The first-order valence-electron chi connectivity index (χ1n) is 8.11. The third-order valence-corrected chi connectivity index (χ3v) is 5.90. The molecular formula is C16H35OP. The lowest BCUT2D eigenvalue weighted by Gasteiger charge is -2.22. The second-order valence-electron chi connectivity index (χ2n) is 5.70. The van der Waals surface area contributed by atoms with Crippen molar-refractivity contribution in [2.24, 2.45) is 11.8 Å². The molecule has 0 aliphatic carbocycles. The van der Waals surface area contributed by atoms with Gasteiger partial charge in [-0.3, -0.25) is 0 Å². The van der Waals surface area contributed by atoms with Gasteiger partial charge in [0.05, 0.1) is 0 Å². The summed E-state index contributed by atoms with van der Waals surface area (Å²) in [6.07, 6.45) is 12.5. The SMILES string of the molecule is CCCCC(CC)CP(O)CC(CC)CCCC. The van der Waals surface area contributed by atoms with Crippen LogP contribution in [0.1, 0.15) is 79.1 Å². The van der Waals surface area contributed by atoms with Gasteiger partial charge in [0.25, 0.3) is 0 Å². The highest BCUT2D eigenvalue weighted by Crippen LogP contribution is 2.39. The maximum Gasteiger partial charge on any atom is 0.0256 e. The first kappa shape index (κ1) is 18.4. The smallest absolute Gasteiger partial charge is 0.0256 e. The monoisotopic (exact) mass is 274 g/mol. The van der Waals surface area contributed by atoms with E-state index in [0.717, 1.165) is 24.2 Å². The molecule has 0 aliphatic heterocycles. The van der Waals surface area contributed by atoms with Crippen molar-refractivity contribution >= 4 is 8.15 Å². The Labute approximate surface area is 117 Å². The molecule has 1 N–H and O–H groups in total. The summed E-state index contributed by atoms with van der Waals surface area (Å²) in [7, 11) is -0.704. The van der Waals surface area contributed by atoms with Crippen molar-refractivity contribution in [2.45, 2.75) is 79.1 Å². The maximum absolute atomic E-state index is 10.3. The summed E-state index contributed by atoms with van der Waals surface area (Å²) >= 11 is 0. The van der Waals surface area contributed by atoms with E-state index in [1.54, 1.807) is 0 Å². The average molecular weight is 274 g/mol. The molecule has 0 heterocycles. The molecule has 110 valence electrons. The predicted octanol–water partition coefficient (Wildman–Crippen LogP) is 5.81. The Morgan fingerprint density at radius 1 is 0.778 bits per heavy atom. The zero-order valence-corrected chi connectivity index (χ0v) is 14.0. The van der Waals surface area contributed by atoms with Gasteiger partial charge in [-0.2, -0.15) is 0 Å². The average Bonchev–Trinajstić information content (AvgIpc) is 2.39. The summed E-state index contributed by atoms with van der Waals surface area (Å²) < 4.78 is 0. The second kappa shape index (κ2) is 12.4. The Kier molecular flexibility index (Phi) is 12.7. The van der Waals surface area contributed by atoms with Crippen molar-refractivity contribution < 1.29 is 4.89 Å². The topological polar surface area (TPSA) is 20.2 Å². The number of hydrogen-bond acceptors (Lipinski definition) is 1. The van der Waals surface area contributed by atoms with Crippen molar-refractivity contribution in [1.82, 2.24) is 0 Å². The van der Waals surface area contributed by atoms with E-state index in [9.17, 15) is 4.89 Å². The fraction of sp³-hybridized carbons (Fsp3) is 1.00. The Morgan fingerprint density at radius 3 is 1.44 bits per heavy atom. The van der Waals surface area contributed by atoms with Crippen LogP contribution in [0, 0.1) is 11.8 Å². The van der Waals surface area contributed by atoms with Gasteiger partial charge in [-0.05, 0) is 24.2 Å². The fourth-order valence-corrected chi connectivity index (χ4v) is 4.73. The summed E-state index contributed by atoms with van der Waals surface area (Å²) in [5, 5.41) is 0. The predicted molar refractivity (Wildman–Crippen MR) is 85.5 cm³/mol. The summed E-state index contributed by atoms with van der Waals surface area (Å²) in [5.74, 6) is 1.54. The minimum Gasteiger partial charge on any atom is -0.374 e. The van der Waals surface area contributed by atoms with Crippen molar-refractivity contribution in [3.8, 4) is 0 Å².